The quantitative estimate of drug-likeness (QED) is 0.859. The van der Waals surface area contributed by atoms with Crippen LogP contribution in [0.5, 0.6) is 5.75 Å². The molecule has 6 heteroatoms. The Balaban J connectivity index is 2.65. The summed E-state index contributed by atoms with van der Waals surface area (Å²) in [4.78, 5) is 10.6. The number of hydrogen-bond donors (Lipinski definition) is 1. The van der Waals surface area contributed by atoms with E-state index < -0.39 is 28.5 Å². The van der Waals surface area contributed by atoms with Gasteiger partial charge in [0.1, 0.15) is 0 Å². The van der Waals surface area contributed by atoms with Crippen molar-refractivity contribution in [2.45, 2.75) is 12.7 Å². The molecule has 0 saturated carbocycles. The zero-order valence-corrected chi connectivity index (χ0v) is 11.0. The van der Waals surface area contributed by atoms with Gasteiger partial charge in [-0.25, -0.2) is 4.39 Å². The SMILES string of the molecule is COc1ccc(CS(=O)CC(C)C(=O)O)cc1F. The molecule has 2 unspecified atom stereocenters. The molecular formula is C12H15FO4S. The van der Waals surface area contributed by atoms with E-state index in [1.54, 1.807) is 6.07 Å². The Bertz CT molecular complexity index is 461. The zero-order valence-electron chi connectivity index (χ0n) is 10.2. The molecule has 0 spiro atoms. The third-order valence-electron chi connectivity index (χ3n) is 2.40. The Hall–Kier alpha value is -1.43. The van der Waals surface area contributed by atoms with Gasteiger partial charge in [-0.3, -0.25) is 9.00 Å². The van der Waals surface area contributed by atoms with E-state index in [0.717, 1.165) is 0 Å². The maximum Gasteiger partial charge on any atom is 0.307 e. The van der Waals surface area contributed by atoms with Crippen LogP contribution in [-0.4, -0.2) is 28.1 Å². The van der Waals surface area contributed by atoms with Crippen molar-refractivity contribution in [1.29, 1.82) is 0 Å². The summed E-state index contributed by atoms with van der Waals surface area (Å²) in [5, 5.41) is 8.70. The van der Waals surface area contributed by atoms with Crippen molar-refractivity contribution in [1.82, 2.24) is 0 Å². The molecule has 1 aromatic rings. The molecule has 0 aromatic heterocycles. The van der Waals surface area contributed by atoms with E-state index in [2.05, 4.69) is 0 Å². The monoisotopic (exact) mass is 274 g/mol. The Morgan fingerprint density at radius 2 is 2.22 bits per heavy atom. The van der Waals surface area contributed by atoms with Crippen LogP contribution in [0.3, 0.4) is 0 Å². The van der Waals surface area contributed by atoms with Gasteiger partial charge in [0.05, 0.1) is 13.0 Å². The summed E-state index contributed by atoms with van der Waals surface area (Å²) in [6.45, 7) is 1.49. The van der Waals surface area contributed by atoms with E-state index in [1.165, 1.54) is 26.2 Å². The average Bonchev–Trinajstić information content (AvgIpc) is 2.28. The molecule has 0 amide bonds. The number of hydrogen-bond acceptors (Lipinski definition) is 3. The second kappa shape index (κ2) is 6.49. The van der Waals surface area contributed by atoms with E-state index in [-0.39, 0.29) is 17.3 Å². The fourth-order valence-electron chi connectivity index (χ4n) is 1.39. The third-order valence-corrected chi connectivity index (χ3v) is 3.93. The Morgan fingerprint density at radius 3 is 2.72 bits per heavy atom. The minimum Gasteiger partial charge on any atom is -0.494 e. The standard InChI is InChI=1S/C12H15FO4S/c1-8(12(14)15)6-18(16)7-9-3-4-11(17-2)10(13)5-9/h3-5,8H,6-7H2,1-2H3,(H,14,15). The first kappa shape index (κ1) is 14.6. The van der Waals surface area contributed by atoms with Crippen LogP contribution in [0.25, 0.3) is 0 Å². The van der Waals surface area contributed by atoms with Gasteiger partial charge < -0.3 is 9.84 Å². The maximum absolute atomic E-state index is 13.4. The van der Waals surface area contributed by atoms with Gasteiger partial charge in [0.2, 0.25) is 0 Å². The van der Waals surface area contributed by atoms with Crippen LogP contribution in [0, 0.1) is 11.7 Å². The summed E-state index contributed by atoms with van der Waals surface area (Å²) < 4.78 is 29.8. The summed E-state index contributed by atoms with van der Waals surface area (Å²) in [5.74, 6) is -1.85. The van der Waals surface area contributed by atoms with Gasteiger partial charge >= 0.3 is 5.97 Å². The first-order valence-electron chi connectivity index (χ1n) is 5.34. The maximum atomic E-state index is 13.4. The van der Waals surface area contributed by atoms with Crippen LogP contribution in [0.2, 0.25) is 0 Å². The molecule has 2 atom stereocenters. The second-order valence-electron chi connectivity index (χ2n) is 3.96. The second-order valence-corrected chi connectivity index (χ2v) is 5.46. The molecular weight excluding hydrogens is 259 g/mol. The van der Waals surface area contributed by atoms with Gasteiger partial charge in [-0.2, -0.15) is 0 Å². The molecule has 0 heterocycles. The first-order valence-corrected chi connectivity index (χ1v) is 6.83. The van der Waals surface area contributed by atoms with E-state index in [9.17, 15) is 13.4 Å². The largest absolute Gasteiger partial charge is 0.494 e. The van der Waals surface area contributed by atoms with Crippen molar-refractivity contribution in [3.05, 3.63) is 29.6 Å². The van der Waals surface area contributed by atoms with Crippen LogP contribution < -0.4 is 4.74 Å². The van der Waals surface area contributed by atoms with E-state index in [0.29, 0.717) is 5.56 Å². The van der Waals surface area contributed by atoms with Crippen molar-refractivity contribution in [2.24, 2.45) is 5.92 Å². The van der Waals surface area contributed by atoms with Gasteiger partial charge in [-0.1, -0.05) is 13.0 Å². The lowest BCUT2D eigenvalue weighted by Gasteiger charge is -2.07. The number of carboxylic acids is 1. The third kappa shape index (κ3) is 4.10. The van der Waals surface area contributed by atoms with E-state index in [1.807, 2.05) is 0 Å². The molecule has 18 heavy (non-hydrogen) atoms. The van der Waals surface area contributed by atoms with Crippen LogP contribution in [0.15, 0.2) is 18.2 Å². The van der Waals surface area contributed by atoms with Crippen LogP contribution >= 0.6 is 0 Å². The van der Waals surface area contributed by atoms with Crippen molar-refractivity contribution >= 4 is 16.8 Å². The van der Waals surface area contributed by atoms with Gasteiger partial charge in [0.15, 0.2) is 11.6 Å². The molecule has 0 saturated heterocycles. The Morgan fingerprint density at radius 1 is 1.56 bits per heavy atom. The number of benzene rings is 1. The fourth-order valence-corrected chi connectivity index (χ4v) is 2.76. The summed E-state index contributed by atoms with van der Waals surface area (Å²) in [6.07, 6.45) is 0. The zero-order chi connectivity index (χ0) is 13.7. The van der Waals surface area contributed by atoms with Gasteiger partial charge in [-0.05, 0) is 17.7 Å². The molecule has 0 bridgehead atoms. The highest BCUT2D eigenvalue weighted by Gasteiger charge is 2.15. The molecule has 4 nitrogen and oxygen atoms in total. The predicted molar refractivity (Wildman–Crippen MR) is 66.5 cm³/mol. The van der Waals surface area contributed by atoms with E-state index in [4.69, 9.17) is 9.84 Å². The molecule has 1 rings (SSSR count). The van der Waals surface area contributed by atoms with Crippen LogP contribution in [-0.2, 0) is 21.3 Å². The lowest BCUT2D eigenvalue weighted by molar-refractivity contribution is -0.140. The number of methoxy groups -OCH3 is 1. The molecule has 1 N–H and O–H groups in total. The smallest absolute Gasteiger partial charge is 0.307 e. The van der Waals surface area contributed by atoms with Gasteiger partial charge in [0, 0.05) is 22.3 Å². The van der Waals surface area contributed by atoms with Gasteiger partial charge in [-0.15, -0.1) is 0 Å². The molecule has 1 aromatic carbocycles. The topological polar surface area (TPSA) is 63.6 Å². The van der Waals surface area contributed by atoms with Crippen molar-refractivity contribution in [3.8, 4) is 5.75 Å². The molecule has 0 fully saturated rings. The molecule has 0 aliphatic heterocycles. The highest BCUT2D eigenvalue weighted by Crippen LogP contribution is 2.18. The number of rotatable bonds is 6. The number of carboxylic acid groups (broad SMARTS) is 1. The van der Waals surface area contributed by atoms with Crippen molar-refractivity contribution in [3.63, 3.8) is 0 Å². The number of carbonyl (C=O) groups is 1. The minimum atomic E-state index is -1.33. The number of halogens is 1. The molecule has 0 aliphatic rings. The summed E-state index contributed by atoms with van der Waals surface area (Å²) in [6, 6.07) is 4.33. The first-order chi connectivity index (χ1) is 8.43. The van der Waals surface area contributed by atoms with Crippen LogP contribution in [0.1, 0.15) is 12.5 Å². The van der Waals surface area contributed by atoms with Gasteiger partial charge in [0.25, 0.3) is 0 Å². The van der Waals surface area contributed by atoms with E-state index >= 15 is 0 Å². The Labute approximate surface area is 107 Å². The number of ether oxygens (including phenoxy) is 1. The van der Waals surface area contributed by atoms with Crippen molar-refractivity contribution in [2.75, 3.05) is 12.9 Å². The fraction of sp³-hybridized carbons (Fsp3) is 0.417. The minimum absolute atomic E-state index is 0.0585. The molecule has 100 valence electrons. The highest BCUT2D eigenvalue weighted by molar-refractivity contribution is 7.84. The summed E-state index contributed by atoms with van der Waals surface area (Å²) >= 11 is 0. The lowest BCUT2D eigenvalue weighted by atomic mass is 10.2. The normalized spacial score (nSPS) is 13.9. The number of aliphatic carboxylic acids is 1. The highest BCUT2D eigenvalue weighted by atomic mass is 32.2. The average molecular weight is 274 g/mol. The molecule has 0 radical (unpaired) electrons. The summed E-state index contributed by atoms with van der Waals surface area (Å²) in [5.41, 5.74) is 0.559. The predicted octanol–water partition coefficient (Wildman–Crippen LogP) is 1.80. The van der Waals surface area contributed by atoms with Crippen molar-refractivity contribution < 1.29 is 23.2 Å². The Kier molecular flexibility index (Phi) is 5.27. The summed E-state index contributed by atoms with van der Waals surface area (Å²) in [7, 11) is 0.0390. The molecule has 0 aliphatic carbocycles. The lowest BCUT2D eigenvalue weighted by Crippen LogP contribution is -2.18. The van der Waals surface area contributed by atoms with Crippen LogP contribution in [0.4, 0.5) is 4.39 Å².